The normalized spacial score (nSPS) is 17.7. The highest BCUT2D eigenvalue weighted by Crippen LogP contribution is 2.31. The number of nitrogens with one attached hydrogen (secondary N) is 1. The lowest BCUT2D eigenvalue weighted by molar-refractivity contribution is -0.117. The molecular formula is C23H32N6O. The summed E-state index contributed by atoms with van der Waals surface area (Å²) in [5.41, 5.74) is 3.91. The smallest absolute Gasteiger partial charge is 0.238 e. The van der Waals surface area contributed by atoms with Gasteiger partial charge in [-0.2, -0.15) is 5.10 Å². The summed E-state index contributed by atoms with van der Waals surface area (Å²) in [6, 6.07) is 8.71. The highest BCUT2D eigenvalue weighted by molar-refractivity contribution is 5.92. The number of carbonyl (C=O) groups excluding carboxylic acids is 1. The lowest BCUT2D eigenvalue weighted by Crippen LogP contribution is -2.40. The number of anilines is 1. The minimum atomic E-state index is 0.0202. The molecule has 1 fully saturated rings. The third kappa shape index (κ3) is 4.12. The molecule has 0 spiro atoms. The maximum Gasteiger partial charge on any atom is 0.238 e. The van der Waals surface area contributed by atoms with Gasteiger partial charge in [0.2, 0.25) is 5.91 Å². The van der Waals surface area contributed by atoms with Crippen molar-refractivity contribution in [2.75, 3.05) is 25.0 Å². The van der Waals surface area contributed by atoms with Crippen molar-refractivity contribution in [1.29, 1.82) is 0 Å². The van der Waals surface area contributed by atoms with Crippen molar-refractivity contribution in [3.63, 3.8) is 0 Å². The Kier molecular flexibility index (Phi) is 5.90. The van der Waals surface area contributed by atoms with E-state index >= 15 is 0 Å². The molecule has 0 aliphatic carbocycles. The number of carbonyl (C=O) groups is 1. The maximum atomic E-state index is 12.7. The second-order valence-corrected chi connectivity index (χ2v) is 8.53. The van der Waals surface area contributed by atoms with Gasteiger partial charge in [-0.05, 0) is 59.2 Å². The number of nitrogens with zero attached hydrogens (tertiary/aromatic N) is 5. The second kappa shape index (κ2) is 8.60. The van der Waals surface area contributed by atoms with Crippen LogP contribution in [0.15, 0.2) is 30.5 Å². The van der Waals surface area contributed by atoms with Crippen LogP contribution < -0.4 is 5.32 Å². The Labute approximate surface area is 178 Å². The van der Waals surface area contributed by atoms with Crippen LogP contribution in [0.2, 0.25) is 0 Å². The Morgan fingerprint density at radius 1 is 1.30 bits per heavy atom. The number of piperidine rings is 1. The van der Waals surface area contributed by atoms with Crippen LogP contribution in [0.4, 0.5) is 5.69 Å². The standard InChI is InChI=1S/C23H32N6O/c1-5-28-14-20(17(4)26-28)24-22(30)15-27-12-8-9-18(13-27)23-25-19-10-6-7-11-21(19)29(23)16(2)3/h6-7,10-11,14,16,18H,5,8-9,12-13,15H2,1-4H3,(H,24,30)/t18-/m0/s1. The number of hydrogen-bond acceptors (Lipinski definition) is 4. The van der Waals surface area contributed by atoms with Gasteiger partial charge in [-0.15, -0.1) is 0 Å². The molecule has 3 heterocycles. The van der Waals surface area contributed by atoms with Gasteiger partial charge in [-0.1, -0.05) is 12.1 Å². The maximum absolute atomic E-state index is 12.7. The van der Waals surface area contributed by atoms with E-state index in [1.807, 2.05) is 30.8 Å². The van der Waals surface area contributed by atoms with Crippen molar-refractivity contribution in [3.8, 4) is 0 Å². The van der Waals surface area contributed by atoms with Gasteiger partial charge in [-0.3, -0.25) is 14.4 Å². The zero-order valence-corrected chi connectivity index (χ0v) is 18.4. The van der Waals surface area contributed by atoms with Gasteiger partial charge in [0.15, 0.2) is 0 Å². The van der Waals surface area contributed by atoms with Gasteiger partial charge in [0.25, 0.3) is 0 Å². The van der Waals surface area contributed by atoms with Gasteiger partial charge in [0.1, 0.15) is 5.82 Å². The number of benzene rings is 1. The SMILES string of the molecule is CCn1cc(NC(=O)CN2CCC[C@H](c3nc4ccccc4n3C(C)C)C2)c(C)n1. The fourth-order valence-corrected chi connectivity index (χ4v) is 4.50. The van der Waals surface area contributed by atoms with Gasteiger partial charge >= 0.3 is 0 Å². The summed E-state index contributed by atoms with van der Waals surface area (Å²) in [7, 11) is 0. The molecule has 0 radical (unpaired) electrons. The lowest BCUT2D eigenvalue weighted by Gasteiger charge is -2.32. The molecule has 1 amide bonds. The lowest BCUT2D eigenvalue weighted by atomic mass is 9.97. The largest absolute Gasteiger partial charge is 0.325 e. The van der Waals surface area contributed by atoms with Crippen molar-refractivity contribution in [3.05, 3.63) is 42.0 Å². The molecule has 1 aromatic carbocycles. The summed E-state index contributed by atoms with van der Waals surface area (Å²) in [4.78, 5) is 19.9. The topological polar surface area (TPSA) is 68.0 Å². The van der Waals surface area contributed by atoms with E-state index < -0.39 is 0 Å². The first-order chi connectivity index (χ1) is 14.5. The van der Waals surface area contributed by atoms with E-state index in [-0.39, 0.29) is 5.91 Å². The zero-order valence-electron chi connectivity index (χ0n) is 18.4. The predicted octanol–water partition coefficient (Wildman–Crippen LogP) is 3.96. The molecule has 30 heavy (non-hydrogen) atoms. The molecule has 7 heteroatoms. The number of rotatable bonds is 6. The van der Waals surface area contributed by atoms with Gasteiger partial charge in [-0.25, -0.2) is 4.98 Å². The molecule has 2 aromatic heterocycles. The number of aryl methyl sites for hydroxylation is 2. The first-order valence-electron chi connectivity index (χ1n) is 11.0. The van der Waals surface area contributed by atoms with Crippen LogP contribution in [0.1, 0.15) is 57.1 Å². The van der Waals surface area contributed by atoms with Crippen LogP contribution in [0.3, 0.4) is 0 Å². The highest BCUT2D eigenvalue weighted by Gasteiger charge is 2.28. The number of hydrogen-bond donors (Lipinski definition) is 1. The van der Waals surface area contributed by atoms with Crippen molar-refractivity contribution >= 4 is 22.6 Å². The monoisotopic (exact) mass is 408 g/mol. The number of imidazole rings is 1. The first-order valence-corrected chi connectivity index (χ1v) is 11.0. The minimum Gasteiger partial charge on any atom is -0.325 e. The van der Waals surface area contributed by atoms with Crippen LogP contribution in [0, 0.1) is 6.92 Å². The number of amides is 1. The summed E-state index contributed by atoms with van der Waals surface area (Å²) in [5, 5.41) is 7.44. The van der Waals surface area contributed by atoms with Crippen molar-refractivity contribution in [2.45, 2.75) is 59.0 Å². The third-order valence-electron chi connectivity index (χ3n) is 5.92. The average molecular weight is 409 g/mol. The Hall–Kier alpha value is -2.67. The fourth-order valence-electron chi connectivity index (χ4n) is 4.50. The molecule has 3 aromatic rings. The Morgan fingerprint density at radius 3 is 2.83 bits per heavy atom. The molecule has 0 bridgehead atoms. The minimum absolute atomic E-state index is 0.0202. The van der Waals surface area contributed by atoms with Crippen LogP contribution in [0.5, 0.6) is 0 Å². The van der Waals surface area contributed by atoms with Crippen LogP contribution in [-0.4, -0.2) is 49.8 Å². The number of likely N-dealkylation sites (tertiary alicyclic amines) is 1. The van der Waals surface area contributed by atoms with Gasteiger partial charge in [0, 0.05) is 31.2 Å². The summed E-state index contributed by atoms with van der Waals surface area (Å²) in [6.07, 6.45) is 4.08. The molecule has 0 saturated carbocycles. The molecule has 1 saturated heterocycles. The van der Waals surface area contributed by atoms with Crippen LogP contribution in [-0.2, 0) is 11.3 Å². The predicted molar refractivity (Wildman–Crippen MR) is 120 cm³/mol. The van der Waals surface area contributed by atoms with Crippen molar-refractivity contribution in [2.24, 2.45) is 0 Å². The zero-order chi connectivity index (χ0) is 21.3. The van der Waals surface area contributed by atoms with E-state index in [1.54, 1.807) is 0 Å². The molecular weight excluding hydrogens is 376 g/mol. The molecule has 0 unspecified atom stereocenters. The summed E-state index contributed by atoms with van der Waals surface area (Å²) in [5.74, 6) is 1.51. The van der Waals surface area contributed by atoms with E-state index in [2.05, 4.69) is 51.9 Å². The highest BCUT2D eigenvalue weighted by atomic mass is 16.2. The van der Waals surface area contributed by atoms with E-state index in [9.17, 15) is 4.79 Å². The van der Waals surface area contributed by atoms with E-state index in [0.29, 0.717) is 18.5 Å². The molecule has 1 aliphatic heterocycles. The fraction of sp³-hybridized carbons (Fsp3) is 0.522. The summed E-state index contributed by atoms with van der Waals surface area (Å²) >= 11 is 0. The van der Waals surface area contributed by atoms with E-state index in [1.165, 1.54) is 5.52 Å². The van der Waals surface area contributed by atoms with Gasteiger partial charge < -0.3 is 9.88 Å². The quantitative estimate of drug-likeness (QED) is 0.670. The van der Waals surface area contributed by atoms with Crippen molar-refractivity contribution < 1.29 is 4.79 Å². The Balaban J connectivity index is 1.47. The third-order valence-corrected chi connectivity index (χ3v) is 5.92. The number of para-hydroxylation sites is 2. The average Bonchev–Trinajstić information content (AvgIpc) is 3.28. The Bertz CT molecular complexity index is 1030. The summed E-state index contributed by atoms with van der Waals surface area (Å²) in [6.45, 7) is 11.4. The van der Waals surface area contributed by atoms with Crippen molar-refractivity contribution in [1.82, 2.24) is 24.2 Å². The van der Waals surface area contributed by atoms with E-state index in [4.69, 9.17) is 4.98 Å². The number of aromatic nitrogens is 4. The molecule has 7 nitrogen and oxygen atoms in total. The first kappa shape index (κ1) is 20.6. The molecule has 1 aliphatic rings. The van der Waals surface area contributed by atoms with Crippen LogP contribution >= 0.6 is 0 Å². The summed E-state index contributed by atoms with van der Waals surface area (Å²) < 4.78 is 4.21. The second-order valence-electron chi connectivity index (χ2n) is 8.53. The number of fused-ring (bicyclic) bond motifs is 1. The molecule has 160 valence electrons. The molecule has 1 atom stereocenters. The molecule has 1 N–H and O–H groups in total. The van der Waals surface area contributed by atoms with Crippen LogP contribution in [0.25, 0.3) is 11.0 Å². The van der Waals surface area contributed by atoms with E-state index in [0.717, 1.165) is 55.2 Å². The molecule has 4 rings (SSSR count). The Morgan fingerprint density at radius 2 is 2.10 bits per heavy atom. The van der Waals surface area contributed by atoms with Gasteiger partial charge in [0.05, 0.1) is 29.0 Å².